The van der Waals surface area contributed by atoms with Crippen molar-refractivity contribution < 1.29 is 14.3 Å². The molecule has 27 heavy (non-hydrogen) atoms. The zero-order valence-electron chi connectivity index (χ0n) is 15.1. The van der Waals surface area contributed by atoms with E-state index in [1.54, 1.807) is 24.5 Å². The summed E-state index contributed by atoms with van der Waals surface area (Å²) >= 11 is 1.54. The van der Waals surface area contributed by atoms with E-state index < -0.39 is 0 Å². The number of esters is 1. The van der Waals surface area contributed by atoms with E-state index in [0.29, 0.717) is 24.5 Å². The Labute approximate surface area is 162 Å². The van der Waals surface area contributed by atoms with Gasteiger partial charge in [0, 0.05) is 18.2 Å². The normalized spacial score (nSPS) is 10.4. The summed E-state index contributed by atoms with van der Waals surface area (Å²) in [5.74, 6) is 0.184. The molecule has 0 aliphatic heterocycles. The maximum absolute atomic E-state index is 11.4. The zero-order valence-corrected chi connectivity index (χ0v) is 15.9. The molecule has 0 bridgehead atoms. The molecule has 3 aromatic rings. The fraction of sp³-hybridized carbons (Fsp3) is 0.190. The number of thiazole rings is 1. The molecule has 0 fully saturated rings. The Balaban J connectivity index is 1.72. The number of carbonyl (C=O) groups is 1. The van der Waals surface area contributed by atoms with Gasteiger partial charge in [-0.2, -0.15) is 4.98 Å². The fourth-order valence-electron chi connectivity index (χ4n) is 2.29. The van der Waals surface area contributed by atoms with E-state index in [-0.39, 0.29) is 12.6 Å². The Morgan fingerprint density at radius 1 is 1.11 bits per heavy atom. The van der Waals surface area contributed by atoms with Gasteiger partial charge >= 0.3 is 5.97 Å². The first-order chi connectivity index (χ1) is 13.1. The summed E-state index contributed by atoms with van der Waals surface area (Å²) in [6.45, 7) is 5.86. The predicted molar refractivity (Wildman–Crippen MR) is 107 cm³/mol. The number of rotatable bonds is 8. The third-order valence-electron chi connectivity index (χ3n) is 3.63. The summed E-state index contributed by atoms with van der Waals surface area (Å²) in [6, 6.07) is 15.7. The summed E-state index contributed by atoms with van der Waals surface area (Å²) in [5, 5.41) is 0.804. The van der Waals surface area contributed by atoms with Gasteiger partial charge in [0.25, 0.3) is 0 Å². The number of carbonyl (C=O) groups excluding carboxylic acids is 1. The van der Waals surface area contributed by atoms with Crippen molar-refractivity contribution >= 4 is 17.3 Å². The molecule has 0 spiro atoms. The van der Waals surface area contributed by atoms with Crippen LogP contribution in [0.2, 0.25) is 0 Å². The lowest BCUT2D eigenvalue weighted by Crippen LogP contribution is -2.09. The van der Waals surface area contributed by atoms with Gasteiger partial charge in [0.2, 0.25) is 5.88 Å². The van der Waals surface area contributed by atoms with Crippen LogP contribution in [-0.4, -0.2) is 29.2 Å². The van der Waals surface area contributed by atoms with Crippen LogP contribution in [0.4, 0.5) is 0 Å². The van der Waals surface area contributed by atoms with Crippen molar-refractivity contribution in [2.75, 3.05) is 13.2 Å². The van der Waals surface area contributed by atoms with Crippen LogP contribution < -0.4 is 4.74 Å². The van der Waals surface area contributed by atoms with Crippen LogP contribution in [0.3, 0.4) is 0 Å². The van der Waals surface area contributed by atoms with Crippen molar-refractivity contribution in [3.8, 4) is 27.0 Å². The highest BCUT2D eigenvalue weighted by atomic mass is 32.1. The van der Waals surface area contributed by atoms with E-state index in [4.69, 9.17) is 9.47 Å². The number of hydrogen-bond acceptors (Lipinski definition) is 6. The SMILES string of the molecule is C=C(C)C(=O)OCCCOc1nc(-c2ccccn2)sc1-c1ccccc1. The van der Waals surface area contributed by atoms with Gasteiger partial charge in [-0.25, -0.2) is 4.79 Å². The molecule has 6 heteroatoms. The maximum atomic E-state index is 11.4. The third kappa shape index (κ3) is 5.01. The van der Waals surface area contributed by atoms with E-state index in [9.17, 15) is 4.79 Å². The van der Waals surface area contributed by atoms with Crippen LogP contribution in [0.5, 0.6) is 5.88 Å². The lowest BCUT2D eigenvalue weighted by Gasteiger charge is -2.07. The molecule has 2 aromatic heterocycles. The number of benzene rings is 1. The van der Waals surface area contributed by atoms with Crippen LogP contribution in [-0.2, 0) is 9.53 Å². The molecule has 0 unspecified atom stereocenters. The highest BCUT2D eigenvalue weighted by molar-refractivity contribution is 7.18. The summed E-state index contributed by atoms with van der Waals surface area (Å²) in [5.41, 5.74) is 2.24. The molecule has 0 saturated carbocycles. The second-order valence-electron chi connectivity index (χ2n) is 5.85. The zero-order chi connectivity index (χ0) is 19.1. The largest absolute Gasteiger partial charge is 0.476 e. The molecule has 0 N–H and O–H groups in total. The smallest absolute Gasteiger partial charge is 0.333 e. The average Bonchev–Trinajstić information content (AvgIpc) is 3.13. The van der Waals surface area contributed by atoms with Gasteiger partial charge in [0.1, 0.15) is 5.01 Å². The minimum atomic E-state index is -0.383. The molecule has 0 radical (unpaired) electrons. The molecule has 0 aliphatic carbocycles. The first-order valence-corrected chi connectivity index (χ1v) is 9.40. The Hall–Kier alpha value is -2.99. The van der Waals surface area contributed by atoms with Crippen LogP contribution in [0.25, 0.3) is 21.1 Å². The van der Waals surface area contributed by atoms with Gasteiger partial charge in [-0.3, -0.25) is 4.98 Å². The number of hydrogen-bond donors (Lipinski definition) is 0. The van der Waals surface area contributed by atoms with Crippen molar-refractivity contribution in [3.05, 3.63) is 66.9 Å². The number of pyridine rings is 1. The number of aromatic nitrogens is 2. The molecule has 1 aromatic carbocycles. The maximum Gasteiger partial charge on any atom is 0.333 e. The van der Waals surface area contributed by atoms with Crippen molar-refractivity contribution in [1.82, 2.24) is 9.97 Å². The lowest BCUT2D eigenvalue weighted by atomic mass is 10.2. The number of nitrogens with zero attached hydrogens (tertiary/aromatic N) is 2. The topological polar surface area (TPSA) is 61.3 Å². The second kappa shape index (κ2) is 9.09. The van der Waals surface area contributed by atoms with Crippen LogP contribution in [0.15, 0.2) is 66.9 Å². The second-order valence-corrected chi connectivity index (χ2v) is 6.85. The van der Waals surface area contributed by atoms with Crippen LogP contribution >= 0.6 is 11.3 Å². The summed E-state index contributed by atoms with van der Waals surface area (Å²) < 4.78 is 11.0. The van der Waals surface area contributed by atoms with Crippen molar-refractivity contribution in [1.29, 1.82) is 0 Å². The van der Waals surface area contributed by atoms with Gasteiger partial charge in [-0.15, -0.1) is 11.3 Å². The van der Waals surface area contributed by atoms with E-state index >= 15 is 0 Å². The van der Waals surface area contributed by atoms with Crippen molar-refractivity contribution in [2.45, 2.75) is 13.3 Å². The first kappa shape index (κ1) is 18.8. The Kier molecular flexibility index (Phi) is 6.33. The Bertz CT molecular complexity index is 908. The molecule has 0 saturated heterocycles. The Morgan fingerprint density at radius 2 is 1.89 bits per heavy atom. The third-order valence-corrected chi connectivity index (χ3v) is 4.73. The van der Waals surface area contributed by atoms with Gasteiger partial charge < -0.3 is 9.47 Å². The van der Waals surface area contributed by atoms with Gasteiger partial charge in [0.05, 0.1) is 23.8 Å². The van der Waals surface area contributed by atoms with Crippen molar-refractivity contribution in [3.63, 3.8) is 0 Å². The minimum Gasteiger partial charge on any atom is -0.476 e. The van der Waals surface area contributed by atoms with Crippen molar-refractivity contribution in [2.24, 2.45) is 0 Å². The van der Waals surface area contributed by atoms with Gasteiger partial charge in [0.15, 0.2) is 0 Å². The highest BCUT2D eigenvalue weighted by Crippen LogP contribution is 2.39. The van der Waals surface area contributed by atoms with E-state index in [1.807, 2.05) is 48.5 Å². The molecule has 0 atom stereocenters. The quantitative estimate of drug-likeness (QED) is 0.320. The van der Waals surface area contributed by atoms with E-state index in [0.717, 1.165) is 21.1 Å². The van der Waals surface area contributed by atoms with Crippen LogP contribution in [0, 0.1) is 0 Å². The highest BCUT2D eigenvalue weighted by Gasteiger charge is 2.16. The lowest BCUT2D eigenvalue weighted by molar-refractivity contribution is -0.139. The number of ether oxygens (including phenoxy) is 2. The average molecular weight is 380 g/mol. The predicted octanol–water partition coefficient (Wildman–Crippen LogP) is 4.76. The minimum absolute atomic E-state index is 0.281. The molecule has 0 amide bonds. The van der Waals surface area contributed by atoms with E-state index in [1.165, 1.54) is 0 Å². The standard InChI is InChI=1S/C21H20N2O3S/c1-15(2)21(24)26-14-8-13-25-19-18(16-9-4-3-5-10-16)27-20(23-19)17-11-6-7-12-22-17/h3-7,9-12H,1,8,13-14H2,2H3. The first-order valence-electron chi connectivity index (χ1n) is 8.58. The van der Waals surface area contributed by atoms with Gasteiger partial charge in [-0.05, 0) is 24.6 Å². The monoisotopic (exact) mass is 380 g/mol. The Morgan fingerprint density at radius 3 is 2.59 bits per heavy atom. The summed E-state index contributed by atoms with van der Waals surface area (Å²) in [6.07, 6.45) is 2.32. The molecule has 0 aliphatic rings. The van der Waals surface area contributed by atoms with E-state index in [2.05, 4.69) is 16.5 Å². The summed E-state index contributed by atoms with van der Waals surface area (Å²) in [7, 11) is 0. The van der Waals surface area contributed by atoms with Crippen LogP contribution in [0.1, 0.15) is 13.3 Å². The molecule has 3 rings (SSSR count). The molecular formula is C21H20N2O3S. The summed E-state index contributed by atoms with van der Waals surface area (Å²) in [4.78, 5) is 21.3. The van der Waals surface area contributed by atoms with Gasteiger partial charge in [-0.1, -0.05) is 43.0 Å². The molecular weight excluding hydrogens is 360 g/mol. The molecule has 5 nitrogen and oxygen atoms in total. The molecule has 2 heterocycles. The molecule has 138 valence electrons. The fourth-order valence-corrected chi connectivity index (χ4v) is 3.28.